The Bertz CT molecular complexity index is 1000. The minimum atomic E-state index is 0.00670. The smallest absolute Gasteiger partial charge is 0.227 e. The van der Waals surface area contributed by atoms with E-state index in [9.17, 15) is 4.79 Å². The third kappa shape index (κ3) is 2.77. The van der Waals surface area contributed by atoms with Crippen molar-refractivity contribution in [2.75, 3.05) is 11.4 Å². The van der Waals surface area contributed by atoms with Crippen LogP contribution in [0.5, 0.6) is 0 Å². The van der Waals surface area contributed by atoms with Crippen LogP contribution >= 0.6 is 11.6 Å². The van der Waals surface area contributed by atoms with Gasteiger partial charge in [-0.05, 0) is 30.3 Å². The first-order valence-electron chi connectivity index (χ1n) is 8.12. The molecule has 2 heterocycles. The van der Waals surface area contributed by atoms with Gasteiger partial charge in [0.25, 0.3) is 0 Å². The van der Waals surface area contributed by atoms with Crippen LogP contribution in [0.25, 0.3) is 11.0 Å². The van der Waals surface area contributed by atoms with E-state index in [2.05, 4.69) is 5.92 Å². The van der Waals surface area contributed by atoms with Gasteiger partial charge in [-0.3, -0.25) is 4.79 Å². The minimum absolute atomic E-state index is 0.00670. The topological polar surface area (TPSA) is 38.1 Å². The van der Waals surface area contributed by atoms with Gasteiger partial charge < -0.3 is 9.47 Å². The molecule has 1 amide bonds. The number of rotatable bonds is 3. The second-order valence-electron chi connectivity index (χ2n) is 6.13. The van der Waals surface area contributed by atoms with Gasteiger partial charge in [0, 0.05) is 29.6 Å². The molecule has 1 aromatic heterocycles. The molecule has 5 heteroatoms. The van der Waals surface area contributed by atoms with Crippen molar-refractivity contribution in [1.29, 1.82) is 0 Å². The van der Waals surface area contributed by atoms with Gasteiger partial charge in [-0.15, -0.1) is 6.42 Å². The molecule has 4 nitrogen and oxygen atoms in total. The fourth-order valence-electron chi connectivity index (χ4n) is 3.44. The lowest BCUT2D eigenvalue weighted by atomic mass is 10.1. The predicted octanol–water partition coefficient (Wildman–Crippen LogP) is 3.84. The third-order valence-electron chi connectivity index (χ3n) is 4.54. The second-order valence-corrected chi connectivity index (χ2v) is 6.57. The first-order valence-corrected chi connectivity index (χ1v) is 8.49. The summed E-state index contributed by atoms with van der Waals surface area (Å²) in [6.07, 6.45) is 5.97. The van der Waals surface area contributed by atoms with Gasteiger partial charge in [-0.25, -0.2) is 4.98 Å². The lowest BCUT2D eigenvalue weighted by Crippen LogP contribution is -2.24. The number of hydrogen-bond donors (Lipinski definition) is 0. The molecule has 0 aliphatic carbocycles. The normalized spacial score (nSPS) is 17.2. The molecule has 4 rings (SSSR count). The number of terminal acetylenes is 1. The Morgan fingerprint density at radius 2 is 2.08 bits per heavy atom. The molecule has 0 saturated carbocycles. The molecule has 0 spiro atoms. The Morgan fingerprint density at radius 3 is 2.88 bits per heavy atom. The molecule has 0 radical (unpaired) electrons. The Balaban J connectivity index is 1.72. The van der Waals surface area contributed by atoms with Gasteiger partial charge in [0.15, 0.2) is 0 Å². The number of benzene rings is 2. The Labute approximate surface area is 151 Å². The number of amides is 1. The van der Waals surface area contributed by atoms with E-state index in [1.807, 2.05) is 47.0 Å². The molecule has 0 bridgehead atoms. The van der Waals surface area contributed by atoms with E-state index in [0.29, 0.717) is 24.5 Å². The number of carbonyl (C=O) groups excluding carboxylic acids is 1. The quantitative estimate of drug-likeness (QED) is 0.674. The van der Waals surface area contributed by atoms with Crippen LogP contribution in [0, 0.1) is 12.3 Å². The Morgan fingerprint density at radius 1 is 1.24 bits per heavy atom. The predicted molar refractivity (Wildman–Crippen MR) is 99.7 cm³/mol. The number of carbonyl (C=O) groups is 1. The van der Waals surface area contributed by atoms with E-state index in [0.717, 1.165) is 22.5 Å². The van der Waals surface area contributed by atoms with Crippen LogP contribution in [-0.4, -0.2) is 22.0 Å². The average molecular weight is 350 g/mol. The number of aromatic nitrogens is 2. The van der Waals surface area contributed by atoms with Crippen molar-refractivity contribution in [1.82, 2.24) is 9.55 Å². The van der Waals surface area contributed by atoms with Gasteiger partial charge in [-0.2, -0.15) is 0 Å². The average Bonchev–Trinajstić information content (AvgIpc) is 3.16. The third-order valence-corrected chi connectivity index (χ3v) is 4.78. The van der Waals surface area contributed by atoms with E-state index in [-0.39, 0.29) is 11.8 Å². The number of para-hydroxylation sites is 2. The van der Waals surface area contributed by atoms with E-state index in [1.54, 1.807) is 11.0 Å². The summed E-state index contributed by atoms with van der Waals surface area (Å²) >= 11 is 6.07. The highest BCUT2D eigenvalue weighted by Crippen LogP contribution is 2.33. The molecule has 0 unspecified atom stereocenters. The first kappa shape index (κ1) is 15.7. The van der Waals surface area contributed by atoms with Gasteiger partial charge in [0.05, 0.1) is 17.6 Å². The molecule has 25 heavy (non-hydrogen) atoms. The maximum Gasteiger partial charge on any atom is 0.227 e. The van der Waals surface area contributed by atoms with E-state index >= 15 is 0 Å². The number of anilines is 1. The summed E-state index contributed by atoms with van der Waals surface area (Å²) in [6.45, 7) is 1.02. The number of hydrogen-bond acceptors (Lipinski definition) is 2. The summed E-state index contributed by atoms with van der Waals surface area (Å²) in [6, 6.07) is 15.3. The maximum absolute atomic E-state index is 12.6. The highest BCUT2D eigenvalue weighted by atomic mass is 35.5. The van der Waals surface area contributed by atoms with Crippen molar-refractivity contribution in [2.45, 2.75) is 18.9 Å². The molecule has 1 atom stereocenters. The zero-order chi connectivity index (χ0) is 17.4. The Kier molecular flexibility index (Phi) is 3.95. The molecule has 1 saturated heterocycles. The maximum atomic E-state index is 12.6. The van der Waals surface area contributed by atoms with Gasteiger partial charge >= 0.3 is 0 Å². The van der Waals surface area contributed by atoms with Crippen LogP contribution in [0.15, 0.2) is 48.5 Å². The van der Waals surface area contributed by atoms with Crippen molar-refractivity contribution in [3.05, 3.63) is 59.4 Å². The van der Waals surface area contributed by atoms with Crippen LogP contribution in [0.2, 0.25) is 5.02 Å². The van der Waals surface area contributed by atoms with Crippen molar-refractivity contribution < 1.29 is 4.79 Å². The van der Waals surface area contributed by atoms with Crippen molar-refractivity contribution in [2.24, 2.45) is 0 Å². The zero-order valence-corrected chi connectivity index (χ0v) is 14.3. The zero-order valence-electron chi connectivity index (χ0n) is 13.5. The largest absolute Gasteiger partial charge is 0.316 e. The van der Waals surface area contributed by atoms with Crippen molar-refractivity contribution >= 4 is 34.2 Å². The molecule has 124 valence electrons. The van der Waals surface area contributed by atoms with Crippen LogP contribution in [0.3, 0.4) is 0 Å². The molecule has 1 aliphatic heterocycles. The van der Waals surface area contributed by atoms with Gasteiger partial charge in [0.1, 0.15) is 5.82 Å². The number of halogens is 1. The first-order chi connectivity index (χ1) is 12.2. The minimum Gasteiger partial charge on any atom is -0.316 e. The van der Waals surface area contributed by atoms with Gasteiger partial charge in [0.2, 0.25) is 5.91 Å². The lowest BCUT2D eigenvalue weighted by Gasteiger charge is -2.17. The fraction of sp³-hybridized carbons (Fsp3) is 0.200. The molecular weight excluding hydrogens is 334 g/mol. The second kappa shape index (κ2) is 6.27. The van der Waals surface area contributed by atoms with Crippen molar-refractivity contribution in [3.63, 3.8) is 0 Å². The van der Waals surface area contributed by atoms with Crippen LogP contribution in [0.1, 0.15) is 18.2 Å². The van der Waals surface area contributed by atoms with E-state index in [1.165, 1.54) is 0 Å². The summed E-state index contributed by atoms with van der Waals surface area (Å²) < 4.78 is 2.04. The molecule has 2 aromatic carbocycles. The number of nitrogens with zero attached hydrogens (tertiary/aromatic N) is 3. The summed E-state index contributed by atoms with van der Waals surface area (Å²) in [5, 5.41) is 0.619. The summed E-state index contributed by atoms with van der Waals surface area (Å²) in [5.41, 5.74) is 2.73. The molecule has 1 aliphatic rings. The standard InChI is InChI=1S/C20H16ClN3O/c1-2-10-23-18-9-4-3-8-17(18)22-20(23)14-11-19(25)24(13-14)16-7-5-6-15(21)12-16/h1,3-9,12,14H,10-11,13H2/t14-/m0/s1. The van der Waals surface area contributed by atoms with Crippen LogP contribution in [0.4, 0.5) is 5.69 Å². The highest BCUT2D eigenvalue weighted by Gasteiger charge is 2.34. The molecular formula is C20H16ClN3O. The monoisotopic (exact) mass is 349 g/mol. The Hall–Kier alpha value is -2.77. The van der Waals surface area contributed by atoms with E-state index < -0.39 is 0 Å². The lowest BCUT2D eigenvalue weighted by molar-refractivity contribution is -0.117. The molecule has 1 fully saturated rings. The summed E-state index contributed by atoms with van der Waals surface area (Å²) in [5.74, 6) is 3.65. The number of fused-ring (bicyclic) bond motifs is 1. The number of imidazole rings is 1. The van der Waals surface area contributed by atoms with Gasteiger partial charge in [-0.1, -0.05) is 35.7 Å². The SMILES string of the molecule is C#CCn1c([C@H]2CC(=O)N(c3cccc(Cl)c3)C2)nc2ccccc21. The highest BCUT2D eigenvalue weighted by molar-refractivity contribution is 6.30. The van der Waals surface area contributed by atoms with Crippen LogP contribution in [-0.2, 0) is 11.3 Å². The molecule has 3 aromatic rings. The fourth-order valence-corrected chi connectivity index (χ4v) is 3.62. The summed E-state index contributed by atoms with van der Waals surface area (Å²) in [7, 11) is 0. The van der Waals surface area contributed by atoms with Crippen LogP contribution < -0.4 is 4.90 Å². The molecule has 0 N–H and O–H groups in total. The summed E-state index contributed by atoms with van der Waals surface area (Å²) in [4.78, 5) is 19.1. The van der Waals surface area contributed by atoms with Crippen molar-refractivity contribution in [3.8, 4) is 12.3 Å². The van der Waals surface area contributed by atoms with E-state index in [4.69, 9.17) is 23.0 Å².